The molecule has 9 rings (SSSR count). The number of anilines is 3. The molecule has 2 heteroatoms. The Morgan fingerprint density at radius 1 is 0.468 bits per heavy atom. The molecule has 0 unspecified atom stereocenters. The van der Waals surface area contributed by atoms with Crippen LogP contribution in [0.3, 0.4) is 0 Å². The summed E-state index contributed by atoms with van der Waals surface area (Å²) in [5.41, 5.74) is 13.8. The molecule has 1 heterocycles. The van der Waals surface area contributed by atoms with E-state index < -0.39 is 0 Å². The number of nitrogens with zero attached hydrogens (tertiary/aromatic N) is 1. The zero-order valence-corrected chi connectivity index (χ0v) is 27.3. The van der Waals surface area contributed by atoms with Crippen molar-refractivity contribution in [1.82, 2.24) is 0 Å². The van der Waals surface area contributed by atoms with E-state index in [4.69, 9.17) is 0 Å². The third-order valence-corrected chi connectivity index (χ3v) is 11.0. The summed E-state index contributed by atoms with van der Waals surface area (Å²) in [7, 11) is 0. The second kappa shape index (κ2) is 10.8. The normalized spacial score (nSPS) is 13.1. The second-order valence-corrected chi connectivity index (χ2v) is 14.0. The van der Waals surface area contributed by atoms with Gasteiger partial charge < -0.3 is 4.90 Å². The van der Waals surface area contributed by atoms with Gasteiger partial charge in [-0.15, -0.1) is 11.3 Å². The Kier molecular flexibility index (Phi) is 6.41. The van der Waals surface area contributed by atoms with E-state index in [-0.39, 0.29) is 5.41 Å². The molecule has 0 aliphatic heterocycles. The van der Waals surface area contributed by atoms with E-state index in [1.165, 1.54) is 70.4 Å². The summed E-state index contributed by atoms with van der Waals surface area (Å²) in [6.07, 6.45) is 0. The Balaban J connectivity index is 1.37. The summed E-state index contributed by atoms with van der Waals surface area (Å²) >= 11 is 1.91. The molecule has 0 atom stereocenters. The number of fused-ring (bicyclic) bond motifs is 6. The van der Waals surface area contributed by atoms with Gasteiger partial charge in [-0.25, -0.2) is 0 Å². The van der Waals surface area contributed by atoms with Gasteiger partial charge in [0.1, 0.15) is 0 Å². The Labute approximate surface area is 280 Å². The Hall–Kier alpha value is -5.44. The quantitative estimate of drug-likeness (QED) is 0.185. The van der Waals surface area contributed by atoms with Gasteiger partial charge in [0.05, 0.1) is 5.69 Å². The predicted molar refractivity (Wildman–Crippen MR) is 202 cm³/mol. The van der Waals surface area contributed by atoms with Crippen molar-refractivity contribution in [3.05, 3.63) is 175 Å². The largest absolute Gasteiger partial charge is 0.309 e. The highest BCUT2D eigenvalue weighted by molar-refractivity contribution is 7.26. The SMILES string of the molecule is CC1(C)c2ccccc2-c2c1cc1sc3cc(-c4ccccc4)ccc3c1c2N(c1ccccc1)c1ccc(-c2ccccc2)cc1. The minimum atomic E-state index is -0.125. The standard InChI is InChI=1S/C45H33NS/c1-45(2)38-21-13-12-20-36(38)42-39(45)29-41-43(37-27-24-33(28-40(37)47-41)31-16-8-4-9-17-31)44(42)46(34-18-10-5-11-19-34)35-25-22-32(23-26-35)30-14-6-3-7-15-30/h3-29H,1-2H3. The predicted octanol–water partition coefficient (Wildman–Crippen LogP) is 13.2. The Bertz CT molecular complexity index is 2400. The van der Waals surface area contributed by atoms with E-state index in [0.29, 0.717) is 0 Å². The number of para-hydroxylation sites is 1. The van der Waals surface area contributed by atoms with Crippen LogP contribution in [-0.4, -0.2) is 0 Å². The van der Waals surface area contributed by atoms with Crippen molar-refractivity contribution in [2.45, 2.75) is 19.3 Å². The summed E-state index contributed by atoms with van der Waals surface area (Å²) in [6, 6.07) is 59.9. The molecular formula is C45H33NS. The molecule has 1 nitrogen and oxygen atoms in total. The Morgan fingerprint density at radius 2 is 1.02 bits per heavy atom. The van der Waals surface area contributed by atoms with Crippen LogP contribution in [0.4, 0.5) is 17.1 Å². The second-order valence-electron chi connectivity index (χ2n) is 13.0. The van der Waals surface area contributed by atoms with Gasteiger partial charge in [0.2, 0.25) is 0 Å². The van der Waals surface area contributed by atoms with Gasteiger partial charge >= 0.3 is 0 Å². The first-order valence-corrected chi connectivity index (χ1v) is 17.1. The molecule has 0 N–H and O–H groups in total. The van der Waals surface area contributed by atoms with Crippen LogP contribution in [0.2, 0.25) is 0 Å². The molecule has 0 saturated heterocycles. The number of benzene rings is 7. The lowest BCUT2D eigenvalue weighted by Crippen LogP contribution is -2.16. The molecule has 0 spiro atoms. The van der Waals surface area contributed by atoms with Gasteiger partial charge in [0.15, 0.2) is 0 Å². The molecule has 8 aromatic rings. The monoisotopic (exact) mass is 619 g/mol. The maximum atomic E-state index is 2.51. The minimum Gasteiger partial charge on any atom is -0.309 e. The highest BCUT2D eigenvalue weighted by Crippen LogP contribution is 2.58. The highest BCUT2D eigenvalue weighted by Gasteiger charge is 2.39. The van der Waals surface area contributed by atoms with Gasteiger partial charge in [0.25, 0.3) is 0 Å². The topological polar surface area (TPSA) is 3.24 Å². The molecule has 0 amide bonds. The highest BCUT2D eigenvalue weighted by atomic mass is 32.1. The molecule has 7 aromatic carbocycles. The molecule has 0 saturated carbocycles. The number of rotatable bonds is 5. The van der Waals surface area contributed by atoms with Crippen LogP contribution in [0, 0.1) is 0 Å². The van der Waals surface area contributed by atoms with Crippen molar-refractivity contribution in [3.63, 3.8) is 0 Å². The van der Waals surface area contributed by atoms with Crippen molar-refractivity contribution >= 4 is 48.6 Å². The first-order valence-electron chi connectivity index (χ1n) is 16.3. The molecule has 0 fully saturated rings. The Morgan fingerprint density at radius 3 is 1.72 bits per heavy atom. The van der Waals surface area contributed by atoms with Crippen LogP contribution in [0.25, 0.3) is 53.6 Å². The fourth-order valence-corrected chi connectivity index (χ4v) is 8.71. The van der Waals surface area contributed by atoms with Crippen molar-refractivity contribution in [2.24, 2.45) is 0 Å². The third kappa shape index (κ3) is 4.44. The molecule has 1 aliphatic carbocycles. The van der Waals surface area contributed by atoms with Gasteiger partial charge in [-0.3, -0.25) is 0 Å². The van der Waals surface area contributed by atoms with E-state index >= 15 is 0 Å². The number of thiophene rings is 1. The molecule has 47 heavy (non-hydrogen) atoms. The van der Waals surface area contributed by atoms with Crippen LogP contribution in [-0.2, 0) is 5.41 Å². The van der Waals surface area contributed by atoms with Crippen LogP contribution < -0.4 is 4.90 Å². The lowest BCUT2D eigenvalue weighted by molar-refractivity contribution is 0.661. The zero-order valence-electron chi connectivity index (χ0n) is 26.4. The van der Waals surface area contributed by atoms with E-state index in [9.17, 15) is 0 Å². The van der Waals surface area contributed by atoms with Gasteiger partial charge in [-0.05, 0) is 75.3 Å². The number of hydrogen-bond donors (Lipinski definition) is 0. The van der Waals surface area contributed by atoms with Crippen molar-refractivity contribution < 1.29 is 0 Å². The maximum Gasteiger partial charge on any atom is 0.0636 e. The van der Waals surface area contributed by atoms with Gasteiger partial charge in [0, 0.05) is 42.5 Å². The van der Waals surface area contributed by atoms with E-state index in [1.807, 2.05) is 11.3 Å². The third-order valence-electron chi connectivity index (χ3n) is 9.86. The van der Waals surface area contributed by atoms with Crippen molar-refractivity contribution in [2.75, 3.05) is 4.90 Å². The molecular weight excluding hydrogens is 587 g/mol. The summed E-state index contributed by atoms with van der Waals surface area (Å²) < 4.78 is 2.63. The smallest absolute Gasteiger partial charge is 0.0636 e. The van der Waals surface area contributed by atoms with E-state index in [2.05, 4.69) is 183 Å². The lowest BCUT2D eigenvalue weighted by atomic mass is 9.82. The van der Waals surface area contributed by atoms with Crippen LogP contribution >= 0.6 is 11.3 Å². The fourth-order valence-electron chi connectivity index (χ4n) is 7.53. The average Bonchev–Trinajstić information content (AvgIpc) is 3.61. The molecule has 224 valence electrons. The summed E-state index contributed by atoms with van der Waals surface area (Å²) in [4.78, 5) is 2.51. The molecule has 1 aliphatic rings. The van der Waals surface area contributed by atoms with Gasteiger partial charge in [-0.1, -0.05) is 141 Å². The lowest BCUT2D eigenvalue weighted by Gasteiger charge is -2.30. The number of hydrogen-bond acceptors (Lipinski definition) is 2. The summed E-state index contributed by atoms with van der Waals surface area (Å²) in [5, 5.41) is 2.61. The van der Waals surface area contributed by atoms with Crippen LogP contribution in [0.15, 0.2) is 164 Å². The summed E-state index contributed by atoms with van der Waals surface area (Å²) in [6.45, 7) is 4.77. The first kappa shape index (κ1) is 27.8. The maximum absolute atomic E-state index is 2.51. The van der Waals surface area contributed by atoms with E-state index in [0.717, 1.165) is 11.4 Å². The van der Waals surface area contributed by atoms with Crippen LogP contribution in [0.1, 0.15) is 25.0 Å². The van der Waals surface area contributed by atoms with E-state index in [1.54, 1.807) is 0 Å². The average molecular weight is 620 g/mol. The van der Waals surface area contributed by atoms with Crippen LogP contribution in [0.5, 0.6) is 0 Å². The minimum absolute atomic E-state index is 0.125. The summed E-state index contributed by atoms with van der Waals surface area (Å²) in [5.74, 6) is 0. The zero-order chi connectivity index (χ0) is 31.5. The molecule has 1 aromatic heterocycles. The molecule has 0 radical (unpaired) electrons. The van der Waals surface area contributed by atoms with Crippen molar-refractivity contribution in [3.8, 4) is 33.4 Å². The fraction of sp³-hybridized carbons (Fsp3) is 0.0667. The molecule has 0 bridgehead atoms. The van der Waals surface area contributed by atoms with Gasteiger partial charge in [-0.2, -0.15) is 0 Å². The first-order chi connectivity index (χ1) is 23.1. The van der Waals surface area contributed by atoms with Crippen molar-refractivity contribution in [1.29, 1.82) is 0 Å².